The maximum Gasteiger partial charge on any atom is 0.307 e. The summed E-state index contributed by atoms with van der Waals surface area (Å²) in [6.45, 7) is 1.13. The average molecular weight is 368 g/mol. The first-order valence-corrected chi connectivity index (χ1v) is 9.26. The summed E-state index contributed by atoms with van der Waals surface area (Å²) in [5.41, 5.74) is 2.62. The van der Waals surface area contributed by atoms with E-state index in [-0.39, 0.29) is 12.7 Å². The molecule has 1 atom stereocenters. The van der Waals surface area contributed by atoms with Gasteiger partial charge in [0.2, 0.25) is 5.91 Å². The highest BCUT2D eigenvalue weighted by atomic mass is 16.5. The second kappa shape index (κ2) is 10.7. The molecular weight excluding hydrogens is 340 g/mol. The number of hydrogen-bond acceptors (Lipinski definition) is 7. The summed E-state index contributed by atoms with van der Waals surface area (Å²) in [4.78, 5) is 36.1. The number of nitrogens with one attached hydrogen (secondary N) is 2. The molecule has 9 nitrogen and oxygen atoms in total. The van der Waals surface area contributed by atoms with Crippen molar-refractivity contribution in [1.82, 2.24) is 15.8 Å². The molecule has 0 aromatic carbocycles. The molecule has 26 heavy (non-hydrogen) atoms. The number of rotatable bonds is 8. The van der Waals surface area contributed by atoms with Gasteiger partial charge in [0, 0.05) is 19.5 Å². The first kappa shape index (κ1) is 20.2. The van der Waals surface area contributed by atoms with E-state index in [1.165, 1.54) is 6.42 Å². The van der Waals surface area contributed by atoms with Crippen molar-refractivity contribution in [1.29, 1.82) is 0 Å². The van der Waals surface area contributed by atoms with Crippen LogP contribution in [0, 0.1) is 11.8 Å². The Morgan fingerprint density at radius 3 is 2.46 bits per heavy atom. The van der Waals surface area contributed by atoms with E-state index < -0.39 is 17.7 Å². The van der Waals surface area contributed by atoms with E-state index >= 15 is 0 Å². The van der Waals surface area contributed by atoms with E-state index in [1.807, 2.05) is 0 Å². The second-order valence-electron chi connectivity index (χ2n) is 6.82. The van der Waals surface area contributed by atoms with Crippen molar-refractivity contribution in [3.8, 4) is 0 Å². The van der Waals surface area contributed by atoms with Crippen LogP contribution < -0.4 is 10.7 Å². The Morgan fingerprint density at radius 2 is 1.81 bits per heavy atom. The van der Waals surface area contributed by atoms with Crippen molar-refractivity contribution in [2.24, 2.45) is 17.0 Å². The van der Waals surface area contributed by atoms with Crippen LogP contribution in [-0.2, 0) is 19.1 Å². The third-order valence-electron chi connectivity index (χ3n) is 4.81. The summed E-state index contributed by atoms with van der Waals surface area (Å²) < 4.78 is 5.04. The predicted molar refractivity (Wildman–Crippen MR) is 93.0 cm³/mol. The van der Waals surface area contributed by atoms with Gasteiger partial charge in [-0.2, -0.15) is 0 Å². The number of hydrogen-bond donors (Lipinski definition) is 3. The topological polar surface area (TPSA) is 120 Å². The van der Waals surface area contributed by atoms with Gasteiger partial charge in [0.25, 0.3) is 5.91 Å². The Bertz CT molecular complexity index is 513. The van der Waals surface area contributed by atoms with Gasteiger partial charge in [0.15, 0.2) is 12.6 Å². The zero-order chi connectivity index (χ0) is 18.8. The SMILES string of the molecule is O=C(CC1CCCCC1)OCNC(=O)C(/C=N/O)C(=O)NN1CCCC1. The van der Waals surface area contributed by atoms with Gasteiger partial charge in [-0.25, -0.2) is 5.01 Å². The number of esters is 1. The van der Waals surface area contributed by atoms with Crippen molar-refractivity contribution in [2.45, 2.75) is 51.4 Å². The van der Waals surface area contributed by atoms with Crippen molar-refractivity contribution in [2.75, 3.05) is 19.8 Å². The smallest absolute Gasteiger partial charge is 0.307 e. The molecule has 1 unspecified atom stereocenters. The molecule has 2 aliphatic rings. The first-order chi connectivity index (χ1) is 12.6. The van der Waals surface area contributed by atoms with E-state index in [2.05, 4.69) is 15.9 Å². The maximum absolute atomic E-state index is 12.2. The number of hydrazine groups is 1. The lowest BCUT2D eigenvalue weighted by Gasteiger charge is -2.21. The summed E-state index contributed by atoms with van der Waals surface area (Å²) in [5, 5.41) is 15.6. The quantitative estimate of drug-likeness (QED) is 0.145. The minimum Gasteiger partial charge on any atom is -0.444 e. The predicted octanol–water partition coefficient (Wildman–Crippen LogP) is 0.777. The van der Waals surface area contributed by atoms with E-state index in [1.54, 1.807) is 5.01 Å². The molecule has 0 radical (unpaired) electrons. The molecule has 1 saturated heterocycles. The highest BCUT2D eigenvalue weighted by Gasteiger charge is 2.27. The minimum atomic E-state index is -1.29. The monoisotopic (exact) mass is 368 g/mol. The molecule has 1 aliphatic carbocycles. The van der Waals surface area contributed by atoms with Crippen LogP contribution in [0.25, 0.3) is 0 Å². The molecule has 0 spiro atoms. The number of oxime groups is 1. The Hall–Kier alpha value is -2.16. The molecule has 1 saturated carbocycles. The highest BCUT2D eigenvalue weighted by molar-refractivity contribution is 6.12. The lowest BCUT2D eigenvalue weighted by molar-refractivity contribution is -0.147. The van der Waals surface area contributed by atoms with Crippen LogP contribution in [0.2, 0.25) is 0 Å². The number of amides is 2. The standard InChI is InChI=1S/C17H28N4O5/c22-15(10-13-6-2-1-3-7-13)26-12-18-16(23)14(11-19-25)17(24)20-21-8-4-5-9-21/h11,13-14,25H,1-10,12H2,(H,18,23)(H,20,24)/b19-11+. The summed E-state index contributed by atoms with van der Waals surface area (Å²) >= 11 is 0. The molecule has 1 aliphatic heterocycles. The summed E-state index contributed by atoms with van der Waals surface area (Å²) in [6, 6.07) is 0. The highest BCUT2D eigenvalue weighted by Crippen LogP contribution is 2.26. The molecule has 146 valence electrons. The molecule has 9 heteroatoms. The van der Waals surface area contributed by atoms with Gasteiger partial charge < -0.3 is 15.3 Å². The maximum atomic E-state index is 12.2. The van der Waals surface area contributed by atoms with Gasteiger partial charge in [-0.05, 0) is 31.6 Å². The zero-order valence-electron chi connectivity index (χ0n) is 15.0. The van der Waals surface area contributed by atoms with Crippen LogP contribution in [0.15, 0.2) is 5.16 Å². The number of carbonyl (C=O) groups is 3. The van der Waals surface area contributed by atoms with E-state index in [9.17, 15) is 14.4 Å². The van der Waals surface area contributed by atoms with Gasteiger partial charge >= 0.3 is 5.97 Å². The molecule has 1 heterocycles. The summed E-state index contributed by atoms with van der Waals surface area (Å²) in [5.74, 6) is -2.57. The van der Waals surface area contributed by atoms with Crippen molar-refractivity contribution >= 4 is 24.0 Å². The average Bonchev–Trinajstić information content (AvgIpc) is 3.13. The molecule has 0 aromatic rings. The number of carbonyl (C=O) groups excluding carboxylic acids is 3. The zero-order valence-corrected chi connectivity index (χ0v) is 15.0. The van der Waals surface area contributed by atoms with Gasteiger partial charge in [-0.1, -0.05) is 19.3 Å². The molecule has 0 bridgehead atoms. The fourth-order valence-electron chi connectivity index (χ4n) is 3.36. The summed E-state index contributed by atoms with van der Waals surface area (Å²) in [7, 11) is 0. The lowest BCUT2D eigenvalue weighted by Crippen LogP contribution is -2.48. The fraction of sp³-hybridized carbons (Fsp3) is 0.765. The third-order valence-corrected chi connectivity index (χ3v) is 4.81. The van der Waals surface area contributed by atoms with Crippen molar-refractivity contribution < 1.29 is 24.3 Å². The Labute approximate surface area is 153 Å². The Kier molecular flexibility index (Phi) is 8.33. The van der Waals surface area contributed by atoms with Crippen LogP contribution in [0.5, 0.6) is 0 Å². The first-order valence-electron chi connectivity index (χ1n) is 9.26. The van der Waals surface area contributed by atoms with E-state index in [0.717, 1.165) is 57.8 Å². The van der Waals surface area contributed by atoms with Gasteiger partial charge in [-0.15, -0.1) is 5.16 Å². The Balaban J connectivity index is 1.72. The van der Waals surface area contributed by atoms with E-state index in [4.69, 9.17) is 9.94 Å². The molecular formula is C17H28N4O5. The van der Waals surface area contributed by atoms with Crippen LogP contribution in [0.1, 0.15) is 51.4 Å². The van der Waals surface area contributed by atoms with E-state index in [0.29, 0.717) is 12.3 Å². The molecule has 2 fully saturated rings. The third kappa shape index (κ3) is 6.62. The van der Waals surface area contributed by atoms with Gasteiger partial charge in [0.1, 0.15) is 0 Å². The second-order valence-corrected chi connectivity index (χ2v) is 6.82. The normalized spacial score (nSPS) is 20.0. The van der Waals surface area contributed by atoms with Gasteiger partial charge in [-0.3, -0.25) is 19.8 Å². The van der Waals surface area contributed by atoms with Crippen molar-refractivity contribution in [3.63, 3.8) is 0 Å². The molecule has 2 amide bonds. The van der Waals surface area contributed by atoms with Gasteiger partial charge in [0.05, 0.1) is 6.21 Å². The van der Waals surface area contributed by atoms with Crippen molar-refractivity contribution in [3.05, 3.63) is 0 Å². The fourth-order valence-corrected chi connectivity index (χ4v) is 3.36. The molecule has 3 N–H and O–H groups in total. The van der Waals surface area contributed by atoms with Crippen LogP contribution in [0.3, 0.4) is 0 Å². The summed E-state index contributed by atoms with van der Waals surface area (Å²) in [6.07, 6.45) is 8.73. The lowest BCUT2D eigenvalue weighted by atomic mass is 9.87. The number of nitrogens with zero attached hydrogens (tertiary/aromatic N) is 2. The largest absolute Gasteiger partial charge is 0.444 e. The van der Waals surface area contributed by atoms with Crippen LogP contribution >= 0.6 is 0 Å². The van der Waals surface area contributed by atoms with Crippen LogP contribution in [0.4, 0.5) is 0 Å². The Morgan fingerprint density at radius 1 is 1.12 bits per heavy atom. The van der Waals surface area contributed by atoms with Crippen LogP contribution in [-0.4, -0.2) is 54.0 Å². The molecule has 0 aromatic heterocycles. The minimum absolute atomic E-state index is 0.308. The number of ether oxygens (including phenoxy) is 1. The molecule has 2 rings (SSSR count).